The Morgan fingerprint density at radius 1 is 1.03 bits per heavy atom. The number of nitrogens with zero attached hydrogens (tertiary/aromatic N) is 5. The largest absolute Gasteiger partial charge is 0.355 e. The fourth-order valence-corrected chi connectivity index (χ4v) is 4.53. The Morgan fingerprint density at radius 3 is 2.63 bits per heavy atom. The SMILES string of the molecule is O=C(Nc1nc2ccccc2s1)C1CCN(c2ccc(-c3cccnc3)nn2)CC1. The second-order valence-corrected chi connectivity index (χ2v) is 8.29. The zero-order chi connectivity index (χ0) is 20.3. The van der Waals surface area contributed by atoms with Crippen molar-refractivity contribution in [2.45, 2.75) is 12.8 Å². The van der Waals surface area contributed by atoms with Crippen LogP contribution >= 0.6 is 11.3 Å². The lowest BCUT2D eigenvalue weighted by atomic mass is 9.96. The normalized spacial score (nSPS) is 14.7. The molecule has 1 aromatic carbocycles. The average molecular weight is 417 g/mol. The number of nitrogens with one attached hydrogen (secondary N) is 1. The molecule has 0 saturated carbocycles. The molecule has 1 aliphatic rings. The molecule has 0 bridgehead atoms. The lowest BCUT2D eigenvalue weighted by molar-refractivity contribution is -0.120. The minimum Gasteiger partial charge on any atom is -0.355 e. The number of piperidine rings is 1. The zero-order valence-electron chi connectivity index (χ0n) is 16.2. The fraction of sp³-hybridized carbons (Fsp3) is 0.227. The van der Waals surface area contributed by atoms with E-state index in [1.807, 2.05) is 48.5 Å². The third kappa shape index (κ3) is 3.86. The highest BCUT2D eigenvalue weighted by Crippen LogP contribution is 2.28. The Morgan fingerprint density at radius 2 is 1.90 bits per heavy atom. The number of hydrogen-bond acceptors (Lipinski definition) is 7. The standard InChI is InChI=1S/C22H20N6OS/c29-21(25-22-24-18-5-1-2-6-19(18)30-22)15-9-12-28(13-10-15)20-8-7-17(26-27-20)16-4-3-11-23-14-16/h1-8,11,14-15H,9-10,12-13H2,(H,24,25,29). The van der Waals surface area contributed by atoms with Gasteiger partial charge in [-0.1, -0.05) is 23.5 Å². The molecule has 0 unspecified atom stereocenters. The molecule has 0 atom stereocenters. The number of carbonyl (C=O) groups excluding carboxylic acids is 1. The van der Waals surface area contributed by atoms with E-state index in [1.54, 1.807) is 12.4 Å². The Bertz CT molecular complexity index is 1120. The van der Waals surface area contributed by atoms with Crippen LogP contribution in [0.25, 0.3) is 21.5 Å². The van der Waals surface area contributed by atoms with Crippen LogP contribution in [0, 0.1) is 5.92 Å². The van der Waals surface area contributed by atoms with Crippen molar-refractivity contribution in [2.75, 3.05) is 23.3 Å². The molecule has 1 saturated heterocycles. The maximum Gasteiger partial charge on any atom is 0.229 e. The van der Waals surface area contributed by atoms with Gasteiger partial charge in [-0.05, 0) is 49.2 Å². The first-order chi connectivity index (χ1) is 14.8. The van der Waals surface area contributed by atoms with Crippen molar-refractivity contribution < 1.29 is 4.79 Å². The Balaban J connectivity index is 1.19. The Hall–Kier alpha value is -3.39. The molecule has 8 heteroatoms. The van der Waals surface area contributed by atoms with Crippen molar-refractivity contribution in [1.82, 2.24) is 20.2 Å². The minimum atomic E-state index is -0.0177. The maximum absolute atomic E-state index is 12.7. The Kier molecular flexibility index (Phi) is 5.06. The lowest BCUT2D eigenvalue weighted by Gasteiger charge is -2.31. The summed E-state index contributed by atoms with van der Waals surface area (Å²) in [6.07, 6.45) is 5.08. The molecule has 4 aromatic rings. The van der Waals surface area contributed by atoms with Gasteiger partial charge in [0.15, 0.2) is 10.9 Å². The summed E-state index contributed by atoms with van der Waals surface area (Å²) in [7, 11) is 0. The van der Waals surface area contributed by atoms with Gasteiger partial charge in [0, 0.05) is 37.0 Å². The van der Waals surface area contributed by atoms with E-state index in [4.69, 9.17) is 0 Å². The van der Waals surface area contributed by atoms with E-state index < -0.39 is 0 Å². The number of para-hydroxylation sites is 1. The first kappa shape index (κ1) is 18.6. The summed E-state index contributed by atoms with van der Waals surface area (Å²) in [6, 6.07) is 15.7. The second kappa shape index (κ2) is 8.16. The van der Waals surface area contributed by atoms with Crippen LogP contribution in [0.4, 0.5) is 10.9 Å². The maximum atomic E-state index is 12.7. The van der Waals surface area contributed by atoms with E-state index in [2.05, 4.69) is 30.4 Å². The van der Waals surface area contributed by atoms with Gasteiger partial charge in [0.05, 0.1) is 15.9 Å². The predicted octanol–water partition coefficient (Wildman–Crippen LogP) is 4.00. The van der Waals surface area contributed by atoms with E-state index in [9.17, 15) is 4.79 Å². The first-order valence-electron chi connectivity index (χ1n) is 9.92. The van der Waals surface area contributed by atoms with Crippen molar-refractivity contribution in [1.29, 1.82) is 0 Å². The molecule has 3 aromatic heterocycles. The molecule has 1 N–H and O–H groups in total. The van der Waals surface area contributed by atoms with E-state index in [0.717, 1.165) is 53.2 Å². The summed E-state index contributed by atoms with van der Waals surface area (Å²) in [5.74, 6) is 0.871. The molecule has 0 spiro atoms. The van der Waals surface area contributed by atoms with Crippen molar-refractivity contribution in [3.05, 3.63) is 60.9 Å². The quantitative estimate of drug-likeness (QED) is 0.541. The predicted molar refractivity (Wildman–Crippen MR) is 118 cm³/mol. The van der Waals surface area contributed by atoms with Gasteiger partial charge in [0.25, 0.3) is 0 Å². The van der Waals surface area contributed by atoms with E-state index >= 15 is 0 Å². The summed E-state index contributed by atoms with van der Waals surface area (Å²) in [5, 5.41) is 12.4. The van der Waals surface area contributed by atoms with E-state index in [0.29, 0.717) is 5.13 Å². The lowest BCUT2D eigenvalue weighted by Crippen LogP contribution is -2.38. The highest BCUT2D eigenvalue weighted by molar-refractivity contribution is 7.22. The number of aromatic nitrogens is 4. The summed E-state index contributed by atoms with van der Waals surface area (Å²) < 4.78 is 1.08. The number of carbonyl (C=O) groups is 1. The van der Waals surface area contributed by atoms with Gasteiger partial charge < -0.3 is 10.2 Å². The topological polar surface area (TPSA) is 83.9 Å². The molecule has 0 aliphatic carbocycles. The molecule has 150 valence electrons. The van der Waals surface area contributed by atoms with Crippen molar-refractivity contribution >= 4 is 38.4 Å². The number of rotatable bonds is 4. The van der Waals surface area contributed by atoms with Gasteiger partial charge in [-0.25, -0.2) is 4.98 Å². The van der Waals surface area contributed by atoms with Crippen LogP contribution in [0.1, 0.15) is 12.8 Å². The van der Waals surface area contributed by atoms with Gasteiger partial charge >= 0.3 is 0 Å². The van der Waals surface area contributed by atoms with Gasteiger partial charge in [0.2, 0.25) is 5.91 Å². The van der Waals surface area contributed by atoms with Gasteiger partial charge in [0.1, 0.15) is 0 Å². The van der Waals surface area contributed by atoms with Gasteiger partial charge in [-0.15, -0.1) is 10.2 Å². The van der Waals surface area contributed by atoms with E-state index in [1.165, 1.54) is 11.3 Å². The number of benzene rings is 1. The molecule has 0 radical (unpaired) electrons. The smallest absolute Gasteiger partial charge is 0.229 e. The monoisotopic (exact) mass is 416 g/mol. The van der Waals surface area contributed by atoms with Crippen molar-refractivity contribution in [2.24, 2.45) is 5.92 Å². The molecular weight excluding hydrogens is 396 g/mol. The van der Waals surface area contributed by atoms with Crippen LogP contribution in [0.2, 0.25) is 0 Å². The van der Waals surface area contributed by atoms with Crippen molar-refractivity contribution in [3.63, 3.8) is 0 Å². The molecule has 7 nitrogen and oxygen atoms in total. The molecule has 30 heavy (non-hydrogen) atoms. The van der Waals surface area contributed by atoms with Crippen LogP contribution in [0.3, 0.4) is 0 Å². The van der Waals surface area contributed by atoms with Crippen LogP contribution in [-0.4, -0.2) is 39.2 Å². The highest BCUT2D eigenvalue weighted by atomic mass is 32.1. The van der Waals surface area contributed by atoms with Crippen LogP contribution in [0.15, 0.2) is 60.9 Å². The number of fused-ring (bicyclic) bond motifs is 1. The summed E-state index contributed by atoms with van der Waals surface area (Å²) in [4.78, 5) is 23.5. The number of thiazole rings is 1. The molecule has 1 fully saturated rings. The summed E-state index contributed by atoms with van der Waals surface area (Å²) >= 11 is 1.51. The third-order valence-electron chi connectivity index (χ3n) is 5.32. The molecule has 1 aliphatic heterocycles. The number of hydrogen-bond donors (Lipinski definition) is 1. The number of amides is 1. The average Bonchev–Trinajstić information content (AvgIpc) is 3.22. The number of anilines is 2. The fourth-order valence-electron chi connectivity index (χ4n) is 3.67. The first-order valence-corrected chi connectivity index (χ1v) is 10.7. The molecule has 4 heterocycles. The number of pyridine rings is 1. The van der Waals surface area contributed by atoms with E-state index in [-0.39, 0.29) is 11.8 Å². The molecule has 1 amide bonds. The highest BCUT2D eigenvalue weighted by Gasteiger charge is 2.26. The summed E-state index contributed by atoms with van der Waals surface area (Å²) in [5.41, 5.74) is 2.67. The minimum absolute atomic E-state index is 0.0177. The van der Waals surface area contributed by atoms with Gasteiger partial charge in [-0.3, -0.25) is 9.78 Å². The van der Waals surface area contributed by atoms with Crippen LogP contribution in [0.5, 0.6) is 0 Å². The van der Waals surface area contributed by atoms with Crippen LogP contribution < -0.4 is 10.2 Å². The van der Waals surface area contributed by atoms with Crippen LogP contribution in [-0.2, 0) is 4.79 Å². The second-order valence-electron chi connectivity index (χ2n) is 7.26. The Labute approximate surface area is 177 Å². The third-order valence-corrected chi connectivity index (χ3v) is 6.27. The molecular formula is C22H20N6OS. The van der Waals surface area contributed by atoms with Crippen molar-refractivity contribution in [3.8, 4) is 11.3 Å². The zero-order valence-corrected chi connectivity index (χ0v) is 17.0. The summed E-state index contributed by atoms with van der Waals surface area (Å²) in [6.45, 7) is 1.55. The van der Waals surface area contributed by atoms with Gasteiger partial charge in [-0.2, -0.15) is 0 Å². The molecule has 5 rings (SSSR count).